The van der Waals surface area contributed by atoms with Crippen molar-refractivity contribution in [3.63, 3.8) is 0 Å². The van der Waals surface area contributed by atoms with Crippen LogP contribution in [0.2, 0.25) is 0 Å². The van der Waals surface area contributed by atoms with Crippen LogP contribution in [0.1, 0.15) is 42.6 Å². The van der Waals surface area contributed by atoms with E-state index < -0.39 is 5.82 Å². The number of halogens is 1. The number of nitrogens with zero attached hydrogens (tertiary/aromatic N) is 1. The Hall–Kier alpha value is -1.46. The van der Waals surface area contributed by atoms with E-state index >= 15 is 0 Å². The molecule has 2 rings (SSSR count). The van der Waals surface area contributed by atoms with E-state index in [1.54, 1.807) is 0 Å². The number of rotatable bonds is 5. The van der Waals surface area contributed by atoms with Crippen LogP contribution in [-0.2, 0) is 6.54 Å². The Labute approximate surface area is 125 Å². The summed E-state index contributed by atoms with van der Waals surface area (Å²) < 4.78 is 13.7. The van der Waals surface area contributed by atoms with Crippen molar-refractivity contribution in [1.29, 1.82) is 0 Å². The number of Topliss-reactive ketones (excluding diaryl/α,β-unsaturated/α-hetero) is 1. The number of piperidine rings is 1. The molecule has 1 fully saturated rings. The highest BCUT2D eigenvalue weighted by Gasteiger charge is 2.22. The highest BCUT2D eigenvalue weighted by atomic mass is 19.1. The molecule has 0 bridgehead atoms. The molecule has 2 N–H and O–H groups in total. The monoisotopic (exact) mass is 294 g/mol. The topological polar surface area (TPSA) is 52.6 Å². The maximum atomic E-state index is 13.7. The van der Waals surface area contributed by atoms with E-state index in [1.807, 2.05) is 0 Å². The largest absolute Gasteiger partial charge is 0.507 e. The summed E-state index contributed by atoms with van der Waals surface area (Å²) in [7, 11) is 0. The Morgan fingerprint density at radius 2 is 2.10 bits per heavy atom. The third-order valence-corrected chi connectivity index (χ3v) is 4.14. The first kappa shape index (κ1) is 15.9. The van der Waals surface area contributed by atoms with Gasteiger partial charge in [0.15, 0.2) is 5.78 Å². The van der Waals surface area contributed by atoms with Gasteiger partial charge in [0.2, 0.25) is 0 Å². The van der Waals surface area contributed by atoms with Crippen LogP contribution in [0.5, 0.6) is 5.75 Å². The van der Waals surface area contributed by atoms with E-state index in [4.69, 9.17) is 0 Å². The first-order valence-electron chi connectivity index (χ1n) is 7.50. The second-order valence-corrected chi connectivity index (χ2v) is 5.56. The van der Waals surface area contributed by atoms with E-state index in [9.17, 15) is 14.3 Å². The minimum Gasteiger partial charge on any atom is -0.507 e. The van der Waals surface area contributed by atoms with E-state index in [0.29, 0.717) is 18.2 Å². The molecular formula is C16H23FN2O2. The molecule has 0 unspecified atom stereocenters. The average Bonchev–Trinajstić information content (AvgIpc) is 2.48. The molecule has 0 aliphatic carbocycles. The van der Waals surface area contributed by atoms with E-state index in [0.717, 1.165) is 38.5 Å². The fourth-order valence-corrected chi connectivity index (χ4v) is 2.93. The molecule has 1 saturated heterocycles. The van der Waals surface area contributed by atoms with Gasteiger partial charge in [-0.25, -0.2) is 4.39 Å². The van der Waals surface area contributed by atoms with Crippen molar-refractivity contribution in [2.24, 2.45) is 0 Å². The summed E-state index contributed by atoms with van der Waals surface area (Å²) >= 11 is 0. The highest BCUT2D eigenvalue weighted by Crippen LogP contribution is 2.27. The molecule has 0 amide bonds. The zero-order chi connectivity index (χ0) is 15.4. The number of ketones is 1. The summed E-state index contributed by atoms with van der Waals surface area (Å²) in [6.07, 6.45) is 2.09. The van der Waals surface area contributed by atoms with Gasteiger partial charge < -0.3 is 10.4 Å². The molecule has 1 aliphatic heterocycles. The fourth-order valence-electron chi connectivity index (χ4n) is 2.93. The van der Waals surface area contributed by atoms with Crippen LogP contribution in [0.15, 0.2) is 12.1 Å². The lowest BCUT2D eigenvalue weighted by Crippen LogP contribution is -2.42. The molecule has 5 heteroatoms. The summed E-state index contributed by atoms with van der Waals surface area (Å²) in [6, 6.07) is 2.85. The van der Waals surface area contributed by atoms with Crippen molar-refractivity contribution in [1.82, 2.24) is 10.2 Å². The number of hydrogen-bond acceptors (Lipinski definition) is 4. The number of hydrogen-bond donors (Lipinski definition) is 2. The van der Waals surface area contributed by atoms with Crippen molar-refractivity contribution in [2.45, 2.75) is 39.3 Å². The van der Waals surface area contributed by atoms with Crippen molar-refractivity contribution in [3.05, 3.63) is 29.1 Å². The van der Waals surface area contributed by atoms with Crippen LogP contribution in [0.4, 0.5) is 4.39 Å². The lowest BCUT2D eigenvalue weighted by molar-refractivity contribution is 0.101. The lowest BCUT2D eigenvalue weighted by Gasteiger charge is -2.34. The molecular weight excluding hydrogens is 271 g/mol. The summed E-state index contributed by atoms with van der Waals surface area (Å²) in [4.78, 5) is 13.7. The lowest BCUT2D eigenvalue weighted by atomic mass is 10.0. The summed E-state index contributed by atoms with van der Waals surface area (Å²) in [5.41, 5.74) is 0.548. The Bertz CT molecular complexity index is 513. The first-order valence-corrected chi connectivity index (χ1v) is 7.50. The predicted octanol–water partition coefficient (Wildman–Crippen LogP) is 2.31. The number of aromatic hydroxyl groups is 1. The SMILES string of the molecule is CCN(Cc1cc(F)cc(C(C)=O)c1O)C1CCNCC1. The van der Waals surface area contributed by atoms with Gasteiger partial charge in [-0.1, -0.05) is 6.92 Å². The maximum absolute atomic E-state index is 13.7. The van der Waals surface area contributed by atoms with Crippen LogP contribution >= 0.6 is 0 Å². The van der Waals surface area contributed by atoms with Crippen LogP contribution in [0.25, 0.3) is 0 Å². The number of phenols is 1. The number of nitrogens with one attached hydrogen (secondary N) is 1. The van der Waals surface area contributed by atoms with Crippen molar-refractivity contribution >= 4 is 5.78 Å². The van der Waals surface area contributed by atoms with Gasteiger partial charge in [-0.3, -0.25) is 9.69 Å². The molecule has 0 spiro atoms. The van der Waals surface area contributed by atoms with E-state index in [-0.39, 0.29) is 17.1 Å². The van der Waals surface area contributed by atoms with E-state index in [1.165, 1.54) is 13.0 Å². The van der Waals surface area contributed by atoms with Crippen LogP contribution < -0.4 is 5.32 Å². The molecule has 0 atom stereocenters. The van der Waals surface area contributed by atoms with Gasteiger partial charge in [-0.2, -0.15) is 0 Å². The molecule has 0 saturated carbocycles. The Kier molecular flexibility index (Phi) is 5.31. The quantitative estimate of drug-likeness (QED) is 0.818. The minimum absolute atomic E-state index is 0.0614. The average molecular weight is 294 g/mol. The Morgan fingerprint density at radius 1 is 1.43 bits per heavy atom. The smallest absolute Gasteiger partial charge is 0.163 e. The molecule has 21 heavy (non-hydrogen) atoms. The highest BCUT2D eigenvalue weighted by molar-refractivity contribution is 5.97. The molecule has 0 radical (unpaired) electrons. The Morgan fingerprint density at radius 3 is 2.67 bits per heavy atom. The third kappa shape index (κ3) is 3.80. The second kappa shape index (κ2) is 7.00. The number of carbonyl (C=O) groups excluding carboxylic acids is 1. The van der Waals surface area contributed by atoms with Gasteiger partial charge in [0.1, 0.15) is 11.6 Å². The molecule has 1 aromatic carbocycles. The van der Waals surface area contributed by atoms with Gasteiger partial charge in [0.25, 0.3) is 0 Å². The third-order valence-electron chi connectivity index (χ3n) is 4.14. The van der Waals surface area contributed by atoms with Crippen molar-refractivity contribution < 1.29 is 14.3 Å². The molecule has 116 valence electrons. The normalized spacial score (nSPS) is 16.4. The molecule has 1 aromatic rings. The standard InChI is InChI=1S/C16H23FN2O2/c1-3-19(14-4-6-18-7-5-14)10-12-8-13(17)9-15(11(2)20)16(12)21/h8-9,14,18,21H,3-7,10H2,1-2H3. The zero-order valence-electron chi connectivity index (χ0n) is 12.7. The van der Waals surface area contributed by atoms with Gasteiger partial charge >= 0.3 is 0 Å². The fraction of sp³-hybridized carbons (Fsp3) is 0.562. The molecule has 1 aliphatic rings. The number of benzene rings is 1. The van der Waals surface area contributed by atoms with Gasteiger partial charge in [-0.15, -0.1) is 0 Å². The maximum Gasteiger partial charge on any atom is 0.163 e. The van der Waals surface area contributed by atoms with Crippen LogP contribution in [0.3, 0.4) is 0 Å². The summed E-state index contributed by atoms with van der Waals surface area (Å²) in [5.74, 6) is -0.885. The summed E-state index contributed by atoms with van der Waals surface area (Å²) in [6.45, 7) is 6.65. The molecule has 4 nitrogen and oxygen atoms in total. The minimum atomic E-state index is -0.477. The van der Waals surface area contributed by atoms with Crippen LogP contribution in [0, 0.1) is 5.82 Å². The first-order chi connectivity index (χ1) is 10.0. The molecule has 1 heterocycles. The van der Waals surface area contributed by atoms with Crippen LogP contribution in [-0.4, -0.2) is 41.5 Å². The van der Waals surface area contributed by atoms with E-state index in [2.05, 4.69) is 17.1 Å². The second-order valence-electron chi connectivity index (χ2n) is 5.56. The number of phenolic OH excluding ortho intramolecular Hbond substituents is 1. The van der Waals surface area contributed by atoms with Crippen molar-refractivity contribution in [2.75, 3.05) is 19.6 Å². The van der Waals surface area contributed by atoms with Gasteiger partial charge in [0.05, 0.1) is 5.56 Å². The van der Waals surface area contributed by atoms with Gasteiger partial charge in [-0.05, 0) is 51.5 Å². The van der Waals surface area contributed by atoms with Crippen molar-refractivity contribution in [3.8, 4) is 5.75 Å². The number of carbonyl (C=O) groups is 1. The Balaban J connectivity index is 2.22. The van der Waals surface area contributed by atoms with Gasteiger partial charge in [0, 0.05) is 18.2 Å². The predicted molar refractivity (Wildman–Crippen MR) is 80.0 cm³/mol. The summed E-state index contributed by atoms with van der Waals surface area (Å²) in [5, 5.41) is 13.5. The molecule has 0 aromatic heterocycles. The zero-order valence-corrected chi connectivity index (χ0v) is 12.7.